The number of hydrogen-bond acceptors (Lipinski definition) is 3. The maximum atomic E-state index is 12.5. The maximum Gasteiger partial charge on any atom is 0.328 e. The predicted molar refractivity (Wildman–Crippen MR) is 113 cm³/mol. The number of allylic oxidation sites excluding steroid dienone is 3. The molecule has 146 valence electrons. The van der Waals surface area contributed by atoms with E-state index in [0.717, 1.165) is 41.0 Å². The van der Waals surface area contributed by atoms with Crippen molar-refractivity contribution < 1.29 is 14.7 Å². The summed E-state index contributed by atoms with van der Waals surface area (Å²) in [6.07, 6.45) is 8.32. The molecule has 0 radical (unpaired) electrons. The molecule has 0 spiro atoms. The Morgan fingerprint density at radius 3 is 2.64 bits per heavy atom. The van der Waals surface area contributed by atoms with Crippen LogP contribution in [0.15, 0.2) is 59.7 Å². The number of carbonyl (C=O) groups excluding carboxylic acids is 1. The standard InChI is InChI=1S/C23H26N2O3/c1-4-8-17(5-2)13-16(3)23(28)24-15-19-14-18-9-6-7-10-20(18)25-21(19)11-12-22(26)27/h6-14H,4-5,15H2,1-3H3,(H,24,28)(H,26,27)/b12-11+,16-13+,17-8+. The average molecular weight is 378 g/mol. The molecule has 1 heterocycles. The molecule has 1 aromatic heterocycles. The van der Waals surface area contributed by atoms with Crippen LogP contribution in [0.2, 0.25) is 0 Å². The number of nitrogens with one attached hydrogen (secondary N) is 1. The molecule has 0 bridgehead atoms. The summed E-state index contributed by atoms with van der Waals surface area (Å²) >= 11 is 0. The third kappa shape index (κ3) is 5.91. The fraction of sp³-hybridized carbons (Fsp3) is 0.261. The van der Waals surface area contributed by atoms with Crippen molar-refractivity contribution in [1.29, 1.82) is 0 Å². The molecule has 5 heteroatoms. The zero-order valence-electron chi connectivity index (χ0n) is 16.5. The predicted octanol–water partition coefficient (Wildman–Crippen LogP) is 4.64. The number of benzene rings is 1. The number of rotatable bonds is 8. The highest BCUT2D eigenvalue weighted by atomic mass is 16.4. The summed E-state index contributed by atoms with van der Waals surface area (Å²) in [7, 11) is 0. The summed E-state index contributed by atoms with van der Waals surface area (Å²) < 4.78 is 0. The second kappa shape index (κ2) is 10.2. The highest BCUT2D eigenvalue weighted by molar-refractivity contribution is 5.93. The number of nitrogens with zero attached hydrogens (tertiary/aromatic N) is 1. The molecule has 2 aromatic rings. The summed E-state index contributed by atoms with van der Waals surface area (Å²) in [6.45, 7) is 6.18. The molecule has 5 nitrogen and oxygen atoms in total. The Hall–Kier alpha value is -3.21. The van der Waals surface area contributed by atoms with Crippen LogP contribution < -0.4 is 5.32 Å². The van der Waals surface area contributed by atoms with Gasteiger partial charge in [-0.05, 0) is 43.5 Å². The van der Waals surface area contributed by atoms with Crippen molar-refractivity contribution in [2.24, 2.45) is 0 Å². The van der Waals surface area contributed by atoms with Gasteiger partial charge in [-0.25, -0.2) is 9.78 Å². The van der Waals surface area contributed by atoms with Gasteiger partial charge in [0.05, 0.1) is 11.2 Å². The monoisotopic (exact) mass is 378 g/mol. The van der Waals surface area contributed by atoms with E-state index < -0.39 is 5.97 Å². The molecule has 0 atom stereocenters. The van der Waals surface area contributed by atoms with Gasteiger partial charge in [0.2, 0.25) is 5.91 Å². The van der Waals surface area contributed by atoms with E-state index >= 15 is 0 Å². The Kier molecular flexibility index (Phi) is 7.69. The first-order chi connectivity index (χ1) is 13.4. The summed E-state index contributed by atoms with van der Waals surface area (Å²) in [4.78, 5) is 27.9. The highest BCUT2D eigenvalue weighted by Crippen LogP contribution is 2.18. The number of hydrogen-bond donors (Lipinski definition) is 2. The van der Waals surface area contributed by atoms with Crippen LogP contribution in [0.1, 0.15) is 44.9 Å². The number of aromatic nitrogens is 1. The Morgan fingerprint density at radius 2 is 1.96 bits per heavy atom. The second-order valence-corrected chi connectivity index (χ2v) is 6.45. The van der Waals surface area contributed by atoms with Crippen molar-refractivity contribution >= 4 is 28.9 Å². The molecule has 0 unspecified atom stereocenters. The minimum Gasteiger partial charge on any atom is -0.478 e. The van der Waals surface area contributed by atoms with Crippen molar-refractivity contribution in [2.45, 2.75) is 40.2 Å². The fourth-order valence-electron chi connectivity index (χ4n) is 2.84. The SMILES string of the molecule is CC/C=C(/C=C(\C)C(=O)NCc1cc2ccccc2nc1/C=C/C(=O)O)CC. The van der Waals surface area contributed by atoms with Gasteiger partial charge in [0.15, 0.2) is 0 Å². The van der Waals surface area contributed by atoms with Crippen molar-refractivity contribution in [1.82, 2.24) is 10.3 Å². The number of pyridine rings is 1. The number of carboxylic acid groups (broad SMARTS) is 1. The lowest BCUT2D eigenvalue weighted by Crippen LogP contribution is -2.24. The van der Waals surface area contributed by atoms with Crippen LogP contribution in [0.5, 0.6) is 0 Å². The van der Waals surface area contributed by atoms with E-state index in [2.05, 4.69) is 30.2 Å². The molecule has 0 aliphatic heterocycles. The zero-order valence-corrected chi connectivity index (χ0v) is 16.5. The fourth-order valence-corrected chi connectivity index (χ4v) is 2.84. The molecule has 2 N–H and O–H groups in total. The summed E-state index contributed by atoms with van der Waals surface area (Å²) in [5.41, 5.74) is 3.84. The Morgan fingerprint density at radius 1 is 1.21 bits per heavy atom. The van der Waals surface area contributed by atoms with Crippen molar-refractivity contribution in [3.8, 4) is 0 Å². The van der Waals surface area contributed by atoms with Crippen LogP contribution in [0.4, 0.5) is 0 Å². The summed E-state index contributed by atoms with van der Waals surface area (Å²) in [6, 6.07) is 9.53. The van der Waals surface area contributed by atoms with E-state index in [4.69, 9.17) is 5.11 Å². The molecule has 0 saturated heterocycles. The Bertz CT molecular complexity index is 955. The minimum atomic E-state index is -1.04. The van der Waals surface area contributed by atoms with Gasteiger partial charge in [-0.2, -0.15) is 0 Å². The summed E-state index contributed by atoms with van der Waals surface area (Å²) in [5, 5.41) is 12.8. The van der Waals surface area contributed by atoms with Gasteiger partial charge < -0.3 is 10.4 Å². The molecule has 1 amide bonds. The van der Waals surface area contributed by atoms with Crippen LogP contribution in [-0.2, 0) is 16.1 Å². The van der Waals surface area contributed by atoms with Crippen LogP contribution in [0.25, 0.3) is 17.0 Å². The van der Waals surface area contributed by atoms with E-state index in [1.807, 2.05) is 36.4 Å². The third-order valence-electron chi connectivity index (χ3n) is 4.29. The maximum absolute atomic E-state index is 12.5. The van der Waals surface area contributed by atoms with E-state index in [-0.39, 0.29) is 12.5 Å². The van der Waals surface area contributed by atoms with Crippen LogP contribution in [0, 0.1) is 0 Å². The first-order valence-corrected chi connectivity index (χ1v) is 9.39. The number of para-hydroxylation sites is 1. The van der Waals surface area contributed by atoms with E-state index in [9.17, 15) is 9.59 Å². The molecule has 0 aliphatic rings. The van der Waals surface area contributed by atoms with Gasteiger partial charge in [-0.1, -0.05) is 49.8 Å². The minimum absolute atomic E-state index is 0.156. The summed E-state index contributed by atoms with van der Waals surface area (Å²) in [5.74, 6) is -1.20. The largest absolute Gasteiger partial charge is 0.478 e. The average Bonchev–Trinajstić information content (AvgIpc) is 2.69. The quantitative estimate of drug-likeness (QED) is 0.518. The number of fused-ring (bicyclic) bond motifs is 1. The van der Waals surface area contributed by atoms with Crippen LogP contribution in [0.3, 0.4) is 0 Å². The molecule has 1 aromatic carbocycles. The van der Waals surface area contributed by atoms with Crippen molar-refractivity contribution in [2.75, 3.05) is 0 Å². The van der Waals surface area contributed by atoms with E-state index in [1.165, 1.54) is 6.08 Å². The number of carboxylic acids is 1. The van der Waals surface area contributed by atoms with Crippen LogP contribution >= 0.6 is 0 Å². The van der Waals surface area contributed by atoms with Crippen molar-refractivity contribution in [3.05, 3.63) is 71.0 Å². The normalized spacial score (nSPS) is 12.5. The molecule has 28 heavy (non-hydrogen) atoms. The topological polar surface area (TPSA) is 79.3 Å². The molecule has 0 aliphatic carbocycles. The van der Waals surface area contributed by atoms with Gasteiger partial charge in [-0.3, -0.25) is 4.79 Å². The second-order valence-electron chi connectivity index (χ2n) is 6.45. The van der Waals surface area contributed by atoms with Gasteiger partial charge in [0.25, 0.3) is 0 Å². The highest BCUT2D eigenvalue weighted by Gasteiger charge is 2.09. The lowest BCUT2D eigenvalue weighted by Gasteiger charge is -2.10. The molecular weight excluding hydrogens is 352 g/mol. The Labute approximate surface area is 165 Å². The molecule has 0 fully saturated rings. The molecule has 0 saturated carbocycles. The van der Waals surface area contributed by atoms with Crippen molar-refractivity contribution in [3.63, 3.8) is 0 Å². The Balaban J connectivity index is 2.25. The molecular formula is C23H26N2O3. The van der Waals surface area contributed by atoms with Gasteiger partial charge in [0.1, 0.15) is 0 Å². The number of aliphatic carboxylic acids is 1. The lowest BCUT2D eigenvalue weighted by atomic mass is 10.1. The zero-order chi connectivity index (χ0) is 20.5. The first kappa shape index (κ1) is 21.1. The van der Waals surface area contributed by atoms with Gasteiger partial charge in [-0.15, -0.1) is 0 Å². The third-order valence-corrected chi connectivity index (χ3v) is 4.29. The smallest absolute Gasteiger partial charge is 0.328 e. The number of amides is 1. The van der Waals surface area contributed by atoms with Gasteiger partial charge in [0, 0.05) is 23.6 Å². The van der Waals surface area contributed by atoms with E-state index in [0.29, 0.717) is 11.3 Å². The van der Waals surface area contributed by atoms with E-state index in [1.54, 1.807) is 6.92 Å². The van der Waals surface area contributed by atoms with Crippen LogP contribution in [-0.4, -0.2) is 22.0 Å². The molecule has 2 rings (SSSR count). The lowest BCUT2D eigenvalue weighted by molar-refractivity contribution is -0.131. The number of carbonyl (C=O) groups is 2. The first-order valence-electron chi connectivity index (χ1n) is 9.39. The van der Waals surface area contributed by atoms with Gasteiger partial charge >= 0.3 is 5.97 Å².